The van der Waals surface area contributed by atoms with Gasteiger partial charge in [-0.3, -0.25) is 0 Å². The van der Waals surface area contributed by atoms with Crippen LogP contribution in [0.1, 0.15) is 63.9 Å². The number of rotatable bonds is 11. The lowest BCUT2D eigenvalue weighted by molar-refractivity contribution is -0.0498. The molecule has 0 spiro atoms. The molecule has 4 rings (SSSR count). The van der Waals surface area contributed by atoms with Crippen LogP contribution in [0, 0.1) is 23.5 Å². The van der Waals surface area contributed by atoms with Crippen LogP contribution in [0.3, 0.4) is 0 Å². The zero-order chi connectivity index (χ0) is 26.2. The number of hydrogen-bond donors (Lipinski definition) is 0. The summed E-state index contributed by atoms with van der Waals surface area (Å²) in [6.45, 7) is -0.730. The van der Waals surface area contributed by atoms with Gasteiger partial charge in [0.15, 0.2) is 11.6 Å². The summed E-state index contributed by atoms with van der Waals surface area (Å²) in [5, 5.41) is 0. The van der Waals surface area contributed by atoms with E-state index in [1.54, 1.807) is 24.3 Å². The minimum absolute atomic E-state index is 0.0282. The van der Waals surface area contributed by atoms with Crippen LogP contribution in [-0.4, -0.2) is 6.61 Å². The van der Waals surface area contributed by atoms with Crippen LogP contribution in [0.4, 0.5) is 17.6 Å². The van der Waals surface area contributed by atoms with Crippen molar-refractivity contribution >= 4 is 0 Å². The summed E-state index contributed by atoms with van der Waals surface area (Å²) in [6, 6.07) is 15.7. The summed E-state index contributed by atoms with van der Waals surface area (Å²) >= 11 is 0. The van der Waals surface area contributed by atoms with E-state index in [1.165, 1.54) is 62.4 Å². The average Bonchev–Trinajstić information content (AvgIpc) is 2.90. The lowest BCUT2D eigenvalue weighted by atomic mass is 9.78. The Morgan fingerprint density at radius 3 is 2.08 bits per heavy atom. The van der Waals surface area contributed by atoms with Crippen LogP contribution in [0.15, 0.2) is 60.7 Å². The molecule has 0 atom stereocenters. The Morgan fingerprint density at radius 1 is 0.838 bits per heavy atom. The Bertz CT molecular complexity index is 1120. The molecule has 0 aliphatic heterocycles. The van der Waals surface area contributed by atoms with Gasteiger partial charge in [0, 0.05) is 11.1 Å². The molecule has 1 fully saturated rings. The van der Waals surface area contributed by atoms with E-state index in [9.17, 15) is 8.78 Å². The number of benzene rings is 3. The van der Waals surface area contributed by atoms with E-state index in [-0.39, 0.29) is 22.8 Å². The van der Waals surface area contributed by atoms with E-state index in [4.69, 9.17) is 4.74 Å². The summed E-state index contributed by atoms with van der Waals surface area (Å²) in [7, 11) is 0. The number of unbranched alkanes of at least 4 members (excludes halogenated alkanes) is 1. The van der Waals surface area contributed by atoms with Gasteiger partial charge in [-0.05, 0) is 60.6 Å². The lowest BCUT2D eigenvalue weighted by Crippen LogP contribution is -2.15. The highest BCUT2D eigenvalue weighted by Crippen LogP contribution is 2.40. The minimum Gasteiger partial charge on any atom is -0.454 e. The SMILES string of the molecule is CCCCC1CCC(CCc2c(F)cc(-c3ccccc3)c(Oc3ccc(OC(F)F)cc3)c2F)CC1. The van der Waals surface area contributed by atoms with Crippen molar-refractivity contribution in [1.29, 1.82) is 0 Å². The quantitative estimate of drug-likeness (QED) is 0.237. The summed E-state index contributed by atoms with van der Waals surface area (Å²) < 4.78 is 66.4. The van der Waals surface area contributed by atoms with Gasteiger partial charge in [-0.15, -0.1) is 0 Å². The lowest BCUT2D eigenvalue weighted by Gasteiger charge is -2.28. The zero-order valence-corrected chi connectivity index (χ0v) is 21.2. The van der Waals surface area contributed by atoms with Crippen molar-refractivity contribution in [2.75, 3.05) is 0 Å². The third-order valence-electron chi connectivity index (χ3n) is 7.36. The first kappa shape index (κ1) is 27.0. The third-order valence-corrected chi connectivity index (χ3v) is 7.36. The molecule has 37 heavy (non-hydrogen) atoms. The fourth-order valence-corrected chi connectivity index (χ4v) is 5.26. The first-order valence-electron chi connectivity index (χ1n) is 13.2. The molecule has 1 saturated carbocycles. The van der Waals surface area contributed by atoms with E-state index in [2.05, 4.69) is 11.7 Å². The average molecular weight is 515 g/mol. The van der Waals surface area contributed by atoms with E-state index >= 15 is 8.78 Å². The maximum absolute atomic E-state index is 15.9. The number of halogens is 4. The predicted molar refractivity (Wildman–Crippen MR) is 138 cm³/mol. The van der Waals surface area contributed by atoms with Gasteiger partial charge < -0.3 is 9.47 Å². The Hall–Kier alpha value is -3.02. The number of alkyl halides is 2. The van der Waals surface area contributed by atoms with Gasteiger partial charge in [0.05, 0.1) is 0 Å². The molecule has 3 aromatic rings. The predicted octanol–water partition coefficient (Wildman–Crippen LogP) is 9.95. The Kier molecular flexibility index (Phi) is 9.48. The highest BCUT2D eigenvalue weighted by atomic mass is 19.3. The topological polar surface area (TPSA) is 18.5 Å². The maximum Gasteiger partial charge on any atom is 0.387 e. The number of hydrogen-bond acceptors (Lipinski definition) is 2. The van der Waals surface area contributed by atoms with Gasteiger partial charge in [-0.25, -0.2) is 8.78 Å². The van der Waals surface area contributed by atoms with Gasteiger partial charge >= 0.3 is 6.61 Å². The van der Waals surface area contributed by atoms with Gasteiger partial charge in [0.2, 0.25) is 0 Å². The standard InChI is InChI=1S/C31H34F4O2/c1-2-3-7-21-10-12-22(13-11-21)14-19-26-28(32)20-27(23-8-5-4-6-9-23)30(29(26)33)36-24-15-17-25(18-16-24)37-31(34)35/h4-6,8-9,15-18,20-22,31H,2-3,7,10-14,19H2,1H3. The molecule has 0 amide bonds. The van der Waals surface area contributed by atoms with E-state index in [0.29, 0.717) is 23.5 Å². The Balaban J connectivity index is 1.55. The molecule has 0 saturated heterocycles. The largest absolute Gasteiger partial charge is 0.454 e. The van der Waals surface area contributed by atoms with Crippen LogP contribution >= 0.6 is 0 Å². The minimum atomic E-state index is -2.94. The van der Waals surface area contributed by atoms with Gasteiger partial charge in [-0.1, -0.05) is 82.2 Å². The van der Waals surface area contributed by atoms with Crippen molar-refractivity contribution < 1.29 is 27.0 Å². The van der Waals surface area contributed by atoms with Crippen LogP contribution < -0.4 is 9.47 Å². The molecule has 3 aromatic carbocycles. The normalized spacial score (nSPS) is 17.7. The summed E-state index contributed by atoms with van der Waals surface area (Å²) in [6.07, 6.45) is 9.41. The molecule has 0 radical (unpaired) electrons. The molecule has 0 heterocycles. The fraction of sp³-hybridized carbons (Fsp3) is 0.419. The van der Waals surface area contributed by atoms with Crippen LogP contribution in [0.2, 0.25) is 0 Å². The highest BCUT2D eigenvalue weighted by Gasteiger charge is 2.25. The van der Waals surface area contributed by atoms with Crippen molar-refractivity contribution in [3.8, 4) is 28.4 Å². The second kappa shape index (κ2) is 13.0. The molecule has 6 heteroatoms. The van der Waals surface area contributed by atoms with Crippen molar-refractivity contribution in [2.45, 2.75) is 71.3 Å². The molecule has 198 valence electrons. The first-order chi connectivity index (χ1) is 17.9. The zero-order valence-electron chi connectivity index (χ0n) is 21.2. The summed E-state index contributed by atoms with van der Waals surface area (Å²) in [5.74, 6) is 0.0818. The smallest absolute Gasteiger partial charge is 0.387 e. The maximum atomic E-state index is 15.9. The molecule has 0 N–H and O–H groups in total. The monoisotopic (exact) mass is 514 g/mol. The number of ether oxygens (including phenoxy) is 2. The van der Waals surface area contributed by atoms with Gasteiger partial charge in [-0.2, -0.15) is 8.78 Å². The molecule has 2 nitrogen and oxygen atoms in total. The van der Waals surface area contributed by atoms with Crippen LogP contribution in [0.5, 0.6) is 17.2 Å². The van der Waals surface area contributed by atoms with Crippen molar-refractivity contribution in [3.05, 3.63) is 77.9 Å². The molecule has 1 aliphatic carbocycles. The van der Waals surface area contributed by atoms with E-state index < -0.39 is 18.2 Å². The van der Waals surface area contributed by atoms with Crippen molar-refractivity contribution in [3.63, 3.8) is 0 Å². The van der Waals surface area contributed by atoms with Crippen LogP contribution in [0.25, 0.3) is 11.1 Å². The summed E-state index contributed by atoms with van der Waals surface area (Å²) in [4.78, 5) is 0. The Labute approximate surface area is 216 Å². The highest BCUT2D eigenvalue weighted by molar-refractivity contribution is 5.72. The van der Waals surface area contributed by atoms with Gasteiger partial charge in [0.25, 0.3) is 0 Å². The van der Waals surface area contributed by atoms with E-state index in [0.717, 1.165) is 25.2 Å². The van der Waals surface area contributed by atoms with Crippen molar-refractivity contribution in [2.24, 2.45) is 11.8 Å². The Morgan fingerprint density at radius 2 is 1.46 bits per heavy atom. The first-order valence-corrected chi connectivity index (χ1v) is 13.2. The van der Waals surface area contributed by atoms with Crippen molar-refractivity contribution in [1.82, 2.24) is 0 Å². The molecule has 0 unspecified atom stereocenters. The summed E-state index contributed by atoms with van der Waals surface area (Å²) in [5.41, 5.74) is 0.939. The molecule has 0 bridgehead atoms. The van der Waals surface area contributed by atoms with Gasteiger partial charge in [0.1, 0.15) is 17.3 Å². The van der Waals surface area contributed by atoms with E-state index in [1.807, 2.05) is 6.07 Å². The van der Waals surface area contributed by atoms with Crippen LogP contribution in [-0.2, 0) is 6.42 Å². The molecule has 0 aromatic heterocycles. The second-order valence-corrected chi connectivity index (χ2v) is 9.91. The molecule has 1 aliphatic rings. The molecular formula is C31H34F4O2. The molecular weight excluding hydrogens is 480 g/mol. The fourth-order valence-electron chi connectivity index (χ4n) is 5.26. The third kappa shape index (κ3) is 7.27. The second-order valence-electron chi connectivity index (χ2n) is 9.91.